The molecule has 0 bridgehead atoms. The summed E-state index contributed by atoms with van der Waals surface area (Å²) in [7, 11) is 4.26. The molecule has 2 aromatic carbocycles. The van der Waals surface area contributed by atoms with Crippen molar-refractivity contribution in [2.75, 3.05) is 20.6 Å². The molecule has 122 valence electrons. The second-order valence-corrected chi connectivity index (χ2v) is 7.17. The minimum Gasteiger partial charge on any atom is -0.309 e. The van der Waals surface area contributed by atoms with Crippen molar-refractivity contribution in [1.82, 2.24) is 4.90 Å². The van der Waals surface area contributed by atoms with Gasteiger partial charge in [0.15, 0.2) is 0 Å². The Hall–Kier alpha value is -1.22. The van der Waals surface area contributed by atoms with Gasteiger partial charge in [0.1, 0.15) is 0 Å². The molecule has 0 saturated carbocycles. The van der Waals surface area contributed by atoms with Gasteiger partial charge in [0.05, 0.1) is 0 Å². The van der Waals surface area contributed by atoms with Gasteiger partial charge < -0.3 is 4.90 Å². The minimum absolute atomic E-state index is 0. The van der Waals surface area contributed by atoms with Crippen LogP contribution < -0.4 is 0 Å². The summed E-state index contributed by atoms with van der Waals surface area (Å²) in [5.41, 5.74) is 6.97. The van der Waals surface area contributed by atoms with Gasteiger partial charge in [-0.1, -0.05) is 48.0 Å². The minimum atomic E-state index is 0. The molecule has 0 spiro atoms. The summed E-state index contributed by atoms with van der Waals surface area (Å²) in [4.78, 5) is 3.64. The normalized spacial score (nSPS) is 14.9. The molecule has 0 N–H and O–H groups in total. The van der Waals surface area contributed by atoms with Crippen LogP contribution in [0, 0.1) is 6.92 Å². The lowest BCUT2D eigenvalue weighted by molar-refractivity contribution is 0.417. The predicted molar refractivity (Wildman–Crippen MR) is 105 cm³/mol. The van der Waals surface area contributed by atoms with Crippen molar-refractivity contribution in [3.05, 3.63) is 70.8 Å². The number of hydrogen-bond donors (Lipinski definition) is 0. The summed E-state index contributed by atoms with van der Waals surface area (Å²) >= 11 is 1.95. The highest BCUT2D eigenvalue weighted by Crippen LogP contribution is 2.40. The molecule has 2 aromatic rings. The Labute approximate surface area is 150 Å². The lowest BCUT2D eigenvalue weighted by atomic mass is 9.93. The fourth-order valence-electron chi connectivity index (χ4n) is 2.88. The van der Waals surface area contributed by atoms with Crippen LogP contribution in [0.1, 0.15) is 28.7 Å². The maximum atomic E-state index is 2.42. The predicted octanol–water partition coefficient (Wildman–Crippen LogP) is 5.41. The van der Waals surface area contributed by atoms with Crippen LogP contribution in [0.5, 0.6) is 0 Å². The molecule has 0 saturated heterocycles. The second kappa shape index (κ2) is 8.05. The van der Waals surface area contributed by atoms with Crippen molar-refractivity contribution in [1.29, 1.82) is 0 Å². The van der Waals surface area contributed by atoms with E-state index < -0.39 is 0 Å². The maximum absolute atomic E-state index is 2.42. The summed E-state index contributed by atoms with van der Waals surface area (Å²) in [6.45, 7) is 3.26. The van der Waals surface area contributed by atoms with Gasteiger partial charge in [0.2, 0.25) is 0 Å². The van der Waals surface area contributed by atoms with Gasteiger partial charge in [0.25, 0.3) is 0 Å². The van der Waals surface area contributed by atoms with Crippen molar-refractivity contribution < 1.29 is 0 Å². The van der Waals surface area contributed by atoms with Crippen LogP contribution in [0.3, 0.4) is 0 Å². The zero-order valence-corrected chi connectivity index (χ0v) is 15.6. The van der Waals surface area contributed by atoms with Gasteiger partial charge in [-0.2, -0.15) is 0 Å². The molecule has 1 aliphatic heterocycles. The van der Waals surface area contributed by atoms with Gasteiger partial charge in [-0.05, 0) is 55.8 Å². The van der Waals surface area contributed by atoms with Gasteiger partial charge in [-0.25, -0.2) is 0 Å². The number of rotatable bonds is 3. The molecule has 0 unspecified atom stereocenters. The fraction of sp³-hybridized carbons (Fsp3) is 0.300. The Kier molecular flexibility index (Phi) is 6.34. The van der Waals surface area contributed by atoms with Gasteiger partial charge in [-0.3, -0.25) is 0 Å². The fourth-order valence-corrected chi connectivity index (χ4v) is 3.93. The van der Waals surface area contributed by atoms with Crippen LogP contribution >= 0.6 is 24.2 Å². The van der Waals surface area contributed by atoms with E-state index in [-0.39, 0.29) is 12.4 Å². The largest absolute Gasteiger partial charge is 0.309 e. The third kappa shape index (κ3) is 4.20. The lowest BCUT2D eigenvalue weighted by Crippen LogP contribution is -2.12. The third-order valence-electron chi connectivity index (χ3n) is 4.04. The topological polar surface area (TPSA) is 3.24 Å². The first-order valence-corrected chi connectivity index (χ1v) is 8.80. The third-order valence-corrected chi connectivity index (χ3v) is 5.16. The molecule has 0 fully saturated rings. The quantitative estimate of drug-likeness (QED) is 0.732. The summed E-state index contributed by atoms with van der Waals surface area (Å²) in [6.07, 6.45) is 3.50. The first-order valence-electron chi connectivity index (χ1n) is 7.82. The number of nitrogens with zero attached hydrogens (tertiary/aromatic N) is 1. The summed E-state index contributed by atoms with van der Waals surface area (Å²) in [5.74, 6) is 1.05. The Morgan fingerprint density at radius 3 is 2.65 bits per heavy atom. The maximum Gasteiger partial charge on any atom is 0.0238 e. The smallest absolute Gasteiger partial charge is 0.0238 e. The van der Waals surface area contributed by atoms with E-state index in [0.29, 0.717) is 0 Å². The standard InChI is InChI=1S/C20H23NS.ClH/c1-15-10-11-20-19(13-15)18(9-6-12-21(2)3)17-8-5-4-7-16(17)14-22-20;/h4-5,7-11,13H,6,12,14H2,1-3H3;1H/b18-9-;. The molecule has 0 amide bonds. The zero-order valence-electron chi connectivity index (χ0n) is 14.0. The Bertz CT molecular complexity index is 707. The van der Waals surface area contributed by atoms with Gasteiger partial charge in [-0.15, -0.1) is 24.2 Å². The number of benzene rings is 2. The van der Waals surface area contributed by atoms with Crippen molar-refractivity contribution in [2.45, 2.75) is 24.0 Å². The van der Waals surface area contributed by atoms with Crippen molar-refractivity contribution in [2.24, 2.45) is 0 Å². The molecule has 23 heavy (non-hydrogen) atoms. The molecule has 0 radical (unpaired) electrons. The molecular formula is C20H24ClNS. The van der Waals surface area contributed by atoms with Gasteiger partial charge in [0, 0.05) is 17.2 Å². The van der Waals surface area contributed by atoms with Crippen molar-refractivity contribution in [3.63, 3.8) is 0 Å². The molecule has 0 atom stereocenters. The molecule has 0 aromatic heterocycles. The molecule has 1 aliphatic rings. The highest BCUT2D eigenvalue weighted by molar-refractivity contribution is 7.98. The van der Waals surface area contributed by atoms with E-state index >= 15 is 0 Å². The molecule has 3 heteroatoms. The zero-order chi connectivity index (χ0) is 15.5. The van der Waals surface area contributed by atoms with E-state index in [0.717, 1.165) is 18.7 Å². The van der Waals surface area contributed by atoms with Crippen LogP contribution in [-0.4, -0.2) is 25.5 Å². The van der Waals surface area contributed by atoms with E-state index in [4.69, 9.17) is 0 Å². The van der Waals surface area contributed by atoms with Crippen LogP contribution in [0.4, 0.5) is 0 Å². The summed E-state index contributed by atoms with van der Waals surface area (Å²) < 4.78 is 0. The molecule has 3 rings (SSSR count). The average molecular weight is 346 g/mol. The van der Waals surface area contributed by atoms with E-state index in [9.17, 15) is 0 Å². The SMILES string of the molecule is Cc1ccc2c(c1)/C(=C\CCN(C)C)c1ccccc1CS2.Cl. The number of hydrogen-bond acceptors (Lipinski definition) is 2. The number of thioether (sulfide) groups is 1. The summed E-state index contributed by atoms with van der Waals surface area (Å²) in [5, 5.41) is 0. The summed E-state index contributed by atoms with van der Waals surface area (Å²) in [6, 6.07) is 15.7. The van der Waals surface area contributed by atoms with Crippen LogP contribution in [0.2, 0.25) is 0 Å². The monoisotopic (exact) mass is 345 g/mol. The van der Waals surface area contributed by atoms with E-state index in [2.05, 4.69) is 74.5 Å². The molecule has 1 nitrogen and oxygen atoms in total. The lowest BCUT2D eigenvalue weighted by Gasteiger charge is -2.13. The highest BCUT2D eigenvalue weighted by atomic mass is 35.5. The number of halogens is 1. The van der Waals surface area contributed by atoms with Crippen molar-refractivity contribution >= 4 is 29.7 Å². The van der Waals surface area contributed by atoms with Gasteiger partial charge >= 0.3 is 0 Å². The van der Waals surface area contributed by atoms with E-state index in [1.807, 2.05) is 11.8 Å². The van der Waals surface area contributed by atoms with Crippen LogP contribution in [0.25, 0.3) is 5.57 Å². The Balaban J connectivity index is 0.00000192. The number of aryl methyl sites for hydroxylation is 1. The molecule has 0 aliphatic carbocycles. The Morgan fingerprint density at radius 1 is 1.09 bits per heavy atom. The molecular weight excluding hydrogens is 322 g/mol. The first-order chi connectivity index (χ1) is 10.6. The highest BCUT2D eigenvalue weighted by Gasteiger charge is 2.18. The number of fused-ring (bicyclic) bond motifs is 2. The van der Waals surface area contributed by atoms with Crippen LogP contribution in [0.15, 0.2) is 53.4 Å². The second-order valence-electron chi connectivity index (χ2n) is 6.16. The van der Waals surface area contributed by atoms with Crippen molar-refractivity contribution in [3.8, 4) is 0 Å². The molecule has 1 heterocycles. The van der Waals surface area contributed by atoms with E-state index in [1.165, 1.54) is 32.7 Å². The average Bonchev–Trinajstić information content (AvgIpc) is 2.65. The Morgan fingerprint density at radius 2 is 1.87 bits per heavy atom. The van der Waals surface area contributed by atoms with Crippen LogP contribution in [-0.2, 0) is 5.75 Å². The van der Waals surface area contributed by atoms with E-state index in [1.54, 1.807) is 0 Å². The first kappa shape index (κ1) is 18.1.